The van der Waals surface area contributed by atoms with E-state index in [-0.39, 0.29) is 12.1 Å². The summed E-state index contributed by atoms with van der Waals surface area (Å²) in [5.41, 5.74) is 0. The summed E-state index contributed by atoms with van der Waals surface area (Å²) in [6, 6.07) is 0. The van der Waals surface area contributed by atoms with Gasteiger partial charge in [-0.25, -0.2) is 0 Å². The van der Waals surface area contributed by atoms with Crippen molar-refractivity contribution in [3.63, 3.8) is 0 Å². The third-order valence-electron chi connectivity index (χ3n) is 2.25. The van der Waals surface area contributed by atoms with Gasteiger partial charge in [0.05, 0.1) is 0 Å². The number of aliphatic hydroxyl groups excluding tert-OH is 1. The number of esters is 1. The first kappa shape index (κ1) is 13.5. The first-order chi connectivity index (χ1) is 7.24. The third kappa shape index (κ3) is 5.37. The predicted molar refractivity (Wildman–Crippen MR) is 61.2 cm³/mol. The van der Waals surface area contributed by atoms with Crippen molar-refractivity contribution in [3.05, 3.63) is 0 Å². The summed E-state index contributed by atoms with van der Waals surface area (Å²) in [5.74, 6) is -0.127. The minimum absolute atomic E-state index is 0.127. The summed E-state index contributed by atoms with van der Waals surface area (Å²) in [6.45, 7) is 2.11. The van der Waals surface area contributed by atoms with Gasteiger partial charge in [-0.1, -0.05) is 0 Å². The average Bonchev–Trinajstić information content (AvgIpc) is 2.22. The first-order valence-corrected chi connectivity index (χ1v) is 12.1. The van der Waals surface area contributed by atoms with Crippen LogP contribution in [0.15, 0.2) is 0 Å². The molecule has 2 atom stereocenters. The molecule has 1 aliphatic rings. The Morgan fingerprint density at radius 3 is 2.80 bits per heavy atom. The van der Waals surface area contributed by atoms with Gasteiger partial charge in [-0.3, -0.25) is 0 Å². The van der Waals surface area contributed by atoms with E-state index in [4.69, 9.17) is 4.74 Å². The predicted octanol–water partition coefficient (Wildman–Crippen LogP) is 1.01. The van der Waals surface area contributed by atoms with Gasteiger partial charge in [0.2, 0.25) is 0 Å². The number of aliphatic hydroxyl groups is 1. The summed E-state index contributed by atoms with van der Waals surface area (Å²) in [6.07, 6.45) is 3.02. The molecule has 5 heteroatoms. The van der Waals surface area contributed by atoms with Crippen LogP contribution in [0.25, 0.3) is 0 Å². The Kier molecular flexibility index (Phi) is 6.94. The molecule has 0 aromatic carbocycles. The molecule has 1 heterocycles. The van der Waals surface area contributed by atoms with Crippen molar-refractivity contribution in [3.8, 4) is 0 Å². The molecule has 0 aromatic heterocycles. The van der Waals surface area contributed by atoms with Crippen molar-refractivity contribution in [2.24, 2.45) is 0 Å². The molecule has 0 aliphatic carbocycles. The second-order valence-corrected chi connectivity index (χ2v) is 11.1. The molecule has 1 aliphatic heterocycles. The normalized spacial score (nSPS) is 26.3. The number of carbonyl (C=O) groups is 1. The second kappa shape index (κ2) is 7.70. The van der Waals surface area contributed by atoms with Crippen LogP contribution >= 0.6 is 0 Å². The molecule has 0 bridgehead atoms. The number of hydrogen-bond donors (Lipinski definition) is 1. The van der Waals surface area contributed by atoms with Crippen LogP contribution < -0.4 is 0 Å². The van der Waals surface area contributed by atoms with Crippen LogP contribution in [-0.4, -0.2) is 49.5 Å². The molecule has 0 unspecified atom stereocenters. The second-order valence-electron chi connectivity index (χ2n) is 3.62. The van der Waals surface area contributed by atoms with Crippen LogP contribution in [0.5, 0.6) is 0 Å². The molecule has 0 amide bonds. The Morgan fingerprint density at radius 2 is 2.13 bits per heavy atom. The van der Waals surface area contributed by atoms with E-state index >= 15 is 0 Å². The summed E-state index contributed by atoms with van der Waals surface area (Å²) in [4.78, 5) is 11.4. The van der Waals surface area contributed by atoms with Gasteiger partial charge in [0, 0.05) is 0 Å². The van der Waals surface area contributed by atoms with Crippen molar-refractivity contribution < 1.29 is 14.6 Å². The Labute approximate surface area is 102 Å². The Morgan fingerprint density at radius 1 is 1.40 bits per heavy atom. The van der Waals surface area contributed by atoms with Crippen LogP contribution in [0.1, 0.15) is 32.6 Å². The SMILES string of the molecule is CCCCCC(=O)O[C@@H]1C[Se][Se]C[C@H]1O. The molecule has 1 fully saturated rings. The van der Waals surface area contributed by atoms with Gasteiger partial charge in [0.1, 0.15) is 0 Å². The fourth-order valence-electron chi connectivity index (χ4n) is 1.31. The van der Waals surface area contributed by atoms with E-state index in [1.807, 2.05) is 0 Å². The topological polar surface area (TPSA) is 46.5 Å². The van der Waals surface area contributed by atoms with Gasteiger partial charge in [0.25, 0.3) is 0 Å². The van der Waals surface area contributed by atoms with E-state index in [9.17, 15) is 9.90 Å². The van der Waals surface area contributed by atoms with Crippen LogP contribution in [0.3, 0.4) is 0 Å². The summed E-state index contributed by atoms with van der Waals surface area (Å²) < 4.78 is 5.29. The van der Waals surface area contributed by atoms with E-state index in [0.717, 1.165) is 29.9 Å². The molecule has 0 aromatic rings. The van der Waals surface area contributed by atoms with Crippen molar-refractivity contribution in [1.29, 1.82) is 0 Å². The monoisotopic (exact) mass is 346 g/mol. The summed E-state index contributed by atoms with van der Waals surface area (Å²) in [7, 11) is 0. The molecule has 88 valence electrons. The van der Waals surface area contributed by atoms with Gasteiger partial charge in [-0.05, 0) is 0 Å². The fraction of sp³-hybridized carbons (Fsp3) is 0.900. The Hall–Kier alpha value is 0.469. The van der Waals surface area contributed by atoms with E-state index in [1.165, 1.54) is 0 Å². The number of hydrogen-bond acceptors (Lipinski definition) is 3. The molecule has 1 saturated heterocycles. The Balaban J connectivity index is 2.18. The van der Waals surface area contributed by atoms with Gasteiger partial charge in [-0.15, -0.1) is 0 Å². The Bertz CT molecular complexity index is 199. The number of carbonyl (C=O) groups excluding carboxylic acids is 1. The van der Waals surface area contributed by atoms with E-state index < -0.39 is 6.10 Å². The maximum atomic E-state index is 11.4. The molecule has 1 N–H and O–H groups in total. The third-order valence-corrected chi connectivity index (χ3v) is 9.36. The molecular formula is C10H18O3Se2. The van der Waals surface area contributed by atoms with E-state index in [0.29, 0.717) is 32.7 Å². The minimum atomic E-state index is -0.393. The number of ether oxygens (including phenoxy) is 1. The molecule has 0 radical (unpaired) electrons. The fourth-order valence-corrected chi connectivity index (χ4v) is 8.43. The van der Waals surface area contributed by atoms with Gasteiger partial charge >= 0.3 is 102 Å². The molecule has 3 nitrogen and oxygen atoms in total. The molecule has 1 rings (SSSR count). The first-order valence-electron chi connectivity index (χ1n) is 5.36. The molecule has 15 heavy (non-hydrogen) atoms. The van der Waals surface area contributed by atoms with Gasteiger partial charge in [0.15, 0.2) is 0 Å². The average molecular weight is 344 g/mol. The maximum absolute atomic E-state index is 11.4. The quantitative estimate of drug-likeness (QED) is 0.460. The summed E-state index contributed by atoms with van der Waals surface area (Å²) >= 11 is 1.22. The van der Waals surface area contributed by atoms with Gasteiger partial charge < -0.3 is 0 Å². The zero-order valence-corrected chi connectivity index (χ0v) is 12.4. The van der Waals surface area contributed by atoms with Crippen molar-refractivity contribution in [2.45, 2.75) is 55.5 Å². The van der Waals surface area contributed by atoms with E-state index in [1.54, 1.807) is 0 Å². The van der Waals surface area contributed by atoms with E-state index in [2.05, 4.69) is 6.92 Å². The molecule has 0 spiro atoms. The van der Waals surface area contributed by atoms with Crippen LogP contribution in [-0.2, 0) is 9.53 Å². The molecule has 0 saturated carbocycles. The number of unbranched alkanes of at least 4 members (excludes halogenated alkanes) is 2. The molecular weight excluding hydrogens is 326 g/mol. The van der Waals surface area contributed by atoms with Crippen LogP contribution in [0.2, 0.25) is 10.6 Å². The van der Waals surface area contributed by atoms with Crippen LogP contribution in [0.4, 0.5) is 0 Å². The van der Waals surface area contributed by atoms with Crippen LogP contribution in [0, 0.1) is 0 Å². The van der Waals surface area contributed by atoms with Gasteiger partial charge in [-0.2, -0.15) is 0 Å². The van der Waals surface area contributed by atoms with Crippen molar-refractivity contribution >= 4 is 32.2 Å². The zero-order chi connectivity index (χ0) is 11.1. The van der Waals surface area contributed by atoms with Crippen molar-refractivity contribution in [1.82, 2.24) is 0 Å². The van der Waals surface area contributed by atoms with Crippen molar-refractivity contribution in [2.75, 3.05) is 0 Å². The zero-order valence-electron chi connectivity index (χ0n) is 8.98. The number of rotatable bonds is 5. The standard InChI is InChI=1S/C10H18O3Se2/c1-2-3-4-5-10(12)13-9-7-15-14-6-8(9)11/h8-9,11H,2-7H2,1H3/t8-,9-/m1/s1. The summed E-state index contributed by atoms with van der Waals surface area (Å²) in [5, 5.41) is 11.4.